The Labute approximate surface area is 159 Å². The summed E-state index contributed by atoms with van der Waals surface area (Å²) in [6, 6.07) is 23.9. The van der Waals surface area contributed by atoms with Crippen molar-refractivity contribution in [3.8, 4) is 0 Å². The number of benzene rings is 3. The number of nitrogens with one attached hydrogen (secondary N) is 1. The molecule has 3 aromatic carbocycles. The van der Waals surface area contributed by atoms with Crippen molar-refractivity contribution in [1.82, 2.24) is 0 Å². The molecule has 27 heavy (non-hydrogen) atoms. The van der Waals surface area contributed by atoms with Crippen LogP contribution in [0.4, 0.5) is 11.4 Å². The Kier molecular flexibility index (Phi) is 5.67. The van der Waals surface area contributed by atoms with Crippen LogP contribution in [0.25, 0.3) is 0 Å². The highest BCUT2D eigenvalue weighted by Crippen LogP contribution is 2.18. The van der Waals surface area contributed by atoms with E-state index in [-0.39, 0.29) is 11.8 Å². The molecule has 4 heteroatoms. The molecule has 1 N–H and O–H groups in total. The second-order valence-corrected chi connectivity index (χ2v) is 6.29. The fraction of sp³-hybridized carbons (Fsp3) is 0.130. The maximum atomic E-state index is 12.9. The number of rotatable bonds is 5. The highest BCUT2D eigenvalue weighted by Gasteiger charge is 2.17. The van der Waals surface area contributed by atoms with Crippen molar-refractivity contribution in [2.75, 3.05) is 16.8 Å². The van der Waals surface area contributed by atoms with Crippen LogP contribution in [0.3, 0.4) is 0 Å². The highest BCUT2D eigenvalue weighted by molar-refractivity contribution is 6.09. The Balaban J connectivity index is 1.81. The van der Waals surface area contributed by atoms with Gasteiger partial charge in [0.15, 0.2) is 0 Å². The van der Waals surface area contributed by atoms with Gasteiger partial charge in [0, 0.05) is 29.0 Å². The van der Waals surface area contributed by atoms with Gasteiger partial charge in [-0.2, -0.15) is 0 Å². The lowest BCUT2D eigenvalue weighted by molar-refractivity contribution is 0.0988. The monoisotopic (exact) mass is 358 g/mol. The standard InChI is InChI=1S/C23H22N2O2/c1-3-25(21-10-5-4-6-11-21)23(27)19-9-7-8-18(16-19)22(26)24-20-14-12-17(2)13-15-20/h4-16H,3H2,1-2H3,(H,24,26). The number of nitrogens with zero attached hydrogens (tertiary/aromatic N) is 1. The van der Waals surface area contributed by atoms with Crippen LogP contribution in [0.5, 0.6) is 0 Å². The zero-order valence-corrected chi connectivity index (χ0v) is 15.5. The number of anilines is 2. The molecule has 0 unspecified atom stereocenters. The van der Waals surface area contributed by atoms with Crippen LogP contribution in [-0.4, -0.2) is 18.4 Å². The number of hydrogen-bond donors (Lipinski definition) is 1. The summed E-state index contributed by atoms with van der Waals surface area (Å²) in [5, 5.41) is 2.86. The van der Waals surface area contributed by atoms with Gasteiger partial charge in [0.25, 0.3) is 11.8 Å². The molecular weight excluding hydrogens is 336 g/mol. The minimum atomic E-state index is -0.240. The normalized spacial score (nSPS) is 10.3. The van der Waals surface area contributed by atoms with Crippen LogP contribution >= 0.6 is 0 Å². The molecule has 3 rings (SSSR count). The van der Waals surface area contributed by atoms with Crippen LogP contribution < -0.4 is 10.2 Å². The number of hydrogen-bond acceptors (Lipinski definition) is 2. The van der Waals surface area contributed by atoms with E-state index in [1.807, 2.05) is 68.4 Å². The Bertz CT molecular complexity index is 934. The quantitative estimate of drug-likeness (QED) is 0.704. The molecule has 0 atom stereocenters. The number of carbonyl (C=O) groups excluding carboxylic acids is 2. The van der Waals surface area contributed by atoms with Crippen molar-refractivity contribution in [2.45, 2.75) is 13.8 Å². The first-order valence-electron chi connectivity index (χ1n) is 8.93. The van der Waals surface area contributed by atoms with Crippen LogP contribution in [0.15, 0.2) is 78.9 Å². The molecule has 0 saturated heterocycles. The molecule has 2 amide bonds. The summed E-state index contributed by atoms with van der Waals surface area (Å²) in [6.45, 7) is 4.47. The van der Waals surface area contributed by atoms with Gasteiger partial charge in [-0.3, -0.25) is 9.59 Å². The third kappa shape index (κ3) is 4.42. The van der Waals surface area contributed by atoms with Gasteiger partial charge in [-0.15, -0.1) is 0 Å². The summed E-state index contributed by atoms with van der Waals surface area (Å²) in [5.74, 6) is -0.370. The second kappa shape index (κ2) is 8.32. The summed E-state index contributed by atoms with van der Waals surface area (Å²) in [6.07, 6.45) is 0. The van der Waals surface area contributed by atoms with E-state index in [4.69, 9.17) is 0 Å². The maximum absolute atomic E-state index is 12.9. The number of para-hydroxylation sites is 1. The number of carbonyl (C=O) groups is 2. The largest absolute Gasteiger partial charge is 0.322 e. The van der Waals surface area contributed by atoms with Gasteiger partial charge in [0.1, 0.15) is 0 Å². The Morgan fingerprint density at radius 2 is 1.52 bits per heavy atom. The lowest BCUT2D eigenvalue weighted by Crippen LogP contribution is -2.30. The van der Waals surface area contributed by atoms with Crippen molar-refractivity contribution in [3.63, 3.8) is 0 Å². The lowest BCUT2D eigenvalue weighted by atomic mass is 10.1. The average Bonchev–Trinajstić information content (AvgIpc) is 2.71. The van der Waals surface area contributed by atoms with Crippen molar-refractivity contribution >= 4 is 23.2 Å². The predicted octanol–water partition coefficient (Wildman–Crippen LogP) is 4.91. The van der Waals surface area contributed by atoms with E-state index in [1.165, 1.54) is 0 Å². The van der Waals surface area contributed by atoms with E-state index in [0.29, 0.717) is 17.7 Å². The molecule has 0 saturated carbocycles. The fourth-order valence-corrected chi connectivity index (χ4v) is 2.84. The van der Waals surface area contributed by atoms with Crippen molar-refractivity contribution < 1.29 is 9.59 Å². The van der Waals surface area contributed by atoms with E-state index in [1.54, 1.807) is 29.2 Å². The molecule has 0 radical (unpaired) electrons. The summed E-state index contributed by atoms with van der Waals surface area (Å²) in [7, 11) is 0. The Hall–Kier alpha value is -3.40. The predicted molar refractivity (Wildman–Crippen MR) is 109 cm³/mol. The van der Waals surface area contributed by atoms with Gasteiger partial charge in [-0.1, -0.05) is 42.0 Å². The van der Waals surface area contributed by atoms with Crippen LogP contribution in [0, 0.1) is 6.92 Å². The van der Waals surface area contributed by atoms with Crippen molar-refractivity contribution in [2.24, 2.45) is 0 Å². The molecule has 0 heterocycles. The molecule has 0 fully saturated rings. The zero-order valence-electron chi connectivity index (χ0n) is 15.5. The van der Waals surface area contributed by atoms with Crippen LogP contribution in [0.1, 0.15) is 33.2 Å². The van der Waals surface area contributed by atoms with E-state index in [9.17, 15) is 9.59 Å². The number of aryl methyl sites for hydroxylation is 1. The topological polar surface area (TPSA) is 49.4 Å². The van der Waals surface area contributed by atoms with Gasteiger partial charge in [0.05, 0.1) is 0 Å². The molecule has 0 aliphatic heterocycles. The molecule has 4 nitrogen and oxygen atoms in total. The molecule has 0 aromatic heterocycles. The van der Waals surface area contributed by atoms with E-state index >= 15 is 0 Å². The van der Waals surface area contributed by atoms with Gasteiger partial charge in [0.2, 0.25) is 0 Å². The Morgan fingerprint density at radius 1 is 0.852 bits per heavy atom. The summed E-state index contributed by atoms with van der Waals surface area (Å²) in [4.78, 5) is 27.2. The van der Waals surface area contributed by atoms with Crippen molar-refractivity contribution in [3.05, 3.63) is 95.6 Å². The molecule has 3 aromatic rings. The SMILES string of the molecule is CCN(C(=O)c1cccc(C(=O)Nc2ccc(C)cc2)c1)c1ccccc1. The summed E-state index contributed by atoms with van der Waals surface area (Å²) < 4.78 is 0. The first kappa shape index (κ1) is 18.4. The van der Waals surface area contributed by atoms with Crippen LogP contribution in [-0.2, 0) is 0 Å². The molecule has 0 aliphatic carbocycles. The molecule has 0 aliphatic rings. The van der Waals surface area contributed by atoms with E-state index < -0.39 is 0 Å². The minimum Gasteiger partial charge on any atom is -0.322 e. The van der Waals surface area contributed by atoms with Gasteiger partial charge < -0.3 is 10.2 Å². The first-order chi connectivity index (χ1) is 13.1. The third-order valence-corrected chi connectivity index (χ3v) is 4.31. The van der Waals surface area contributed by atoms with Gasteiger partial charge in [-0.05, 0) is 56.3 Å². The van der Waals surface area contributed by atoms with E-state index in [2.05, 4.69) is 5.32 Å². The smallest absolute Gasteiger partial charge is 0.258 e. The minimum absolute atomic E-state index is 0.131. The zero-order chi connectivity index (χ0) is 19.2. The molecule has 136 valence electrons. The van der Waals surface area contributed by atoms with Gasteiger partial charge in [-0.25, -0.2) is 0 Å². The maximum Gasteiger partial charge on any atom is 0.258 e. The second-order valence-electron chi connectivity index (χ2n) is 6.29. The highest BCUT2D eigenvalue weighted by atomic mass is 16.2. The molecule has 0 spiro atoms. The molecular formula is C23H22N2O2. The van der Waals surface area contributed by atoms with Gasteiger partial charge >= 0.3 is 0 Å². The van der Waals surface area contributed by atoms with Crippen LogP contribution in [0.2, 0.25) is 0 Å². The average molecular weight is 358 g/mol. The molecule has 0 bridgehead atoms. The van der Waals surface area contributed by atoms with E-state index in [0.717, 1.165) is 16.9 Å². The summed E-state index contributed by atoms with van der Waals surface area (Å²) in [5.41, 5.74) is 3.62. The van der Waals surface area contributed by atoms with Crippen molar-refractivity contribution in [1.29, 1.82) is 0 Å². The third-order valence-electron chi connectivity index (χ3n) is 4.31. The first-order valence-corrected chi connectivity index (χ1v) is 8.93. The Morgan fingerprint density at radius 3 is 2.19 bits per heavy atom. The number of amides is 2. The fourth-order valence-electron chi connectivity index (χ4n) is 2.84. The summed E-state index contributed by atoms with van der Waals surface area (Å²) >= 11 is 0. The lowest BCUT2D eigenvalue weighted by Gasteiger charge is -2.21.